The lowest BCUT2D eigenvalue weighted by Gasteiger charge is -2.46. The maximum atomic E-state index is 13.5. The van der Waals surface area contributed by atoms with Gasteiger partial charge < -0.3 is 4.57 Å². The largest absolute Gasteiger partial charge is 0.354 e. The smallest absolute Gasteiger partial charge is 0.233 e. The van der Waals surface area contributed by atoms with Gasteiger partial charge in [0.25, 0.3) is 0 Å². The van der Waals surface area contributed by atoms with Crippen LogP contribution in [0.15, 0.2) is 36.7 Å². The van der Waals surface area contributed by atoms with Crippen LogP contribution in [0.3, 0.4) is 0 Å². The maximum absolute atomic E-state index is 13.5. The average Bonchev–Trinajstić information content (AvgIpc) is 3.20. The summed E-state index contributed by atoms with van der Waals surface area (Å²) in [5.74, 6) is -0.354. The fourth-order valence-corrected chi connectivity index (χ4v) is 7.89. The summed E-state index contributed by atoms with van der Waals surface area (Å²) in [6.45, 7) is 28.6. The van der Waals surface area contributed by atoms with Gasteiger partial charge in [-0.3, -0.25) is 14.5 Å². The summed E-state index contributed by atoms with van der Waals surface area (Å²) < 4.78 is 2.09. The van der Waals surface area contributed by atoms with Crippen molar-refractivity contribution in [2.45, 2.75) is 108 Å². The Morgan fingerprint density at radius 3 is 1.97 bits per heavy atom. The number of rotatable bonds is 12. The van der Waals surface area contributed by atoms with Crippen LogP contribution in [0.5, 0.6) is 0 Å². The first-order valence-electron chi connectivity index (χ1n) is 13.4. The van der Waals surface area contributed by atoms with E-state index >= 15 is 0 Å². The standard InChI is InChI=1S/C31H52N2O2/c1-23(2)26(31(10,11)22-30(8,9)21-29(6,7)20-28(3,4)5)24-19-25(34)33(27(24)35)18-14-17-32-15-12-13-16-32/h12-13,15-16,24,26H,1,14,17-22H2,2-11H3. The van der Waals surface area contributed by atoms with Gasteiger partial charge in [0, 0.05) is 31.9 Å². The van der Waals surface area contributed by atoms with Gasteiger partial charge in [0.15, 0.2) is 0 Å². The molecule has 2 unspecified atom stereocenters. The highest BCUT2D eigenvalue weighted by atomic mass is 16.2. The molecule has 1 saturated heterocycles. The Labute approximate surface area is 215 Å². The molecule has 1 aliphatic rings. The van der Waals surface area contributed by atoms with Gasteiger partial charge in [-0.1, -0.05) is 74.5 Å². The number of amides is 2. The number of aryl methyl sites for hydroxylation is 1. The van der Waals surface area contributed by atoms with Gasteiger partial charge in [-0.05, 0) is 72.3 Å². The molecule has 4 nitrogen and oxygen atoms in total. The first kappa shape index (κ1) is 29.4. The van der Waals surface area contributed by atoms with Crippen molar-refractivity contribution in [2.24, 2.45) is 33.5 Å². The van der Waals surface area contributed by atoms with Gasteiger partial charge in [-0.25, -0.2) is 0 Å². The minimum Gasteiger partial charge on any atom is -0.354 e. The SMILES string of the molecule is C=C(C)C(C1CC(=O)N(CCCn2cccc2)C1=O)C(C)(C)CC(C)(C)CC(C)(C)CC(C)(C)C. The maximum Gasteiger partial charge on any atom is 0.233 e. The summed E-state index contributed by atoms with van der Waals surface area (Å²) >= 11 is 0. The molecule has 0 saturated carbocycles. The molecule has 0 aromatic carbocycles. The van der Waals surface area contributed by atoms with Crippen molar-refractivity contribution in [2.75, 3.05) is 6.54 Å². The minimum absolute atomic E-state index is 0.00514. The molecule has 0 bridgehead atoms. The fourth-order valence-electron chi connectivity index (χ4n) is 7.89. The highest BCUT2D eigenvalue weighted by molar-refractivity contribution is 6.03. The number of hydrogen-bond acceptors (Lipinski definition) is 2. The zero-order valence-electron chi connectivity index (χ0n) is 24.3. The molecule has 1 fully saturated rings. The molecule has 198 valence electrons. The Hall–Kier alpha value is -1.84. The van der Waals surface area contributed by atoms with E-state index in [4.69, 9.17) is 0 Å². The molecular formula is C31H52N2O2. The van der Waals surface area contributed by atoms with E-state index in [-0.39, 0.29) is 45.3 Å². The number of allylic oxidation sites excluding steroid dienone is 1. The second-order valence-electron chi connectivity index (χ2n) is 14.7. The zero-order valence-corrected chi connectivity index (χ0v) is 24.3. The normalized spacial score (nSPS) is 18.9. The summed E-state index contributed by atoms with van der Waals surface area (Å²) in [6.07, 6.45) is 8.38. The van der Waals surface area contributed by atoms with Gasteiger partial charge in [-0.2, -0.15) is 0 Å². The monoisotopic (exact) mass is 484 g/mol. The van der Waals surface area contributed by atoms with E-state index in [1.807, 2.05) is 31.5 Å². The number of carbonyl (C=O) groups excluding carboxylic acids is 2. The van der Waals surface area contributed by atoms with Gasteiger partial charge in [0.05, 0.1) is 5.92 Å². The van der Waals surface area contributed by atoms with E-state index < -0.39 is 0 Å². The van der Waals surface area contributed by atoms with Crippen LogP contribution in [0.2, 0.25) is 0 Å². The molecule has 0 spiro atoms. The lowest BCUT2D eigenvalue weighted by Crippen LogP contribution is -2.40. The number of nitrogens with zero attached hydrogens (tertiary/aromatic N) is 2. The molecule has 2 heterocycles. The van der Waals surface area contributed by atoms with Crippen LogP contribution in [0, 0.1) is 33.5 Å². The molecule has 2 amide bonds. The van der Waals surface area contributed by atoms with Crippen molar-refractivity contribution in [3.05, 3.63) is 36.7 Å². The Bertz CT molecular complexity index is 884. The number of likely N-dealkylation sites (tertiary alicyclic amines) is 1. The van der Waals surface area contributed by atoms with Crippen LogP contribution in [0.4, 0.5) is 0 Å². The Balaban J connectivity index is 2.13. The van der Waals surface area contributed by atoms with E-state index in [0.29, 0.717) is 13.0 Å². The molecule has 2 rings (SSSR count). The first-order valence-corrected chi connectivity index (χ1v) is 13.4. The molecule has 0 N–H and O–H groups in total. The molecule has 4 heteroatoms. The molecule has 1 aliphatic heterocycles. The third kappa shape index (κ3) is 8.36. The second kappa shape index (κ2) is 10.6. The van der Waals surface area contributed by atoms with Crippen molar-refractivity contribution in [3.63, 3.8) is 0 Å². The zero-order chi connectivity index (χ0) is 26.8. The third-order valence-electron chi connectivity index (χ3n) is 7.42. The number of imide groups is 1. The summed E-state index contributed by atoms with van der Waals surface area (Å²) in [5, 5.41) is 0. The highest BCUT2D eigenvalue weighted by Gasteiger charge is 2.49. The van der Waals surface area contributed by atoms with Crippen LogP contribution in [-0.2, 0) is 16.1 Å². The van der Waals surface area contributed by atoms with Gasteiger partial charge >= 0.3 is 0 Å². The summed E-state index contributed by atoms with van der Waals surface area (Å²) in [7, 11) is 0. The van der Waals surface area contributed by atoms with E-state index in [9.17, 15) is 9.59 Å². The predicted octanol–water partition coefficient (Wildman–Crippen LogP) is 7.74. The molecule has 0 aliphatic carbocycles. The molecule has 0 radical (unpaired) electrons. The van der Waals surface area contributed by atoms with Gasteiger partial charge in [-0.15, -0.1) is 0 Å². The molecule has 1 aromatic heterocycles. The quantitative estimate of drug-likeness (QED) is 0.225. The lowest BCUT2D eigenvalue weighted by molar-refractivity contribution is -0.140. The van der Waals surface area contributed by atoms with Crippen molar-refractivity contribution in [1.82, 2.24) is 9.47 Å². The summed E-state index contributed by atoms with van der Waals surface area (Å²) in [5.41, 5.74) is 1.49. The Kier molecular flexibility index (Phi) is 8.94. The number of hydrogen-bond donors (Lipinski definition) is 0. The molecule has 2 atom stereocenters. The van der Waals surface area contributed by atoms with E-state index in [0.717, 1.165) is 31.4 Å². The van der Waals surface area contributed by atoms with Crippen molar-refractivity contribution >= 4 is 11.8 Å². The van der Waals surface area contributed by atoms with Crippen LogP contribution in [0.25, 0.3) is 0 Å². The Morgan fingerprint density at radius 2 is 1.46 bits per heavy atom. The highest BCUT2D eigenvalue weighted by Crippen LogP contribution is 2.51. The van der Waals surface area contributed by atoms with Crippen LogP contribution >= 0.6 is 0 Å². The second-order valence-corrected chi connectivity index (χ2v) is 14.7. The van der Waals surface area contributed by atoms with E-state index in [2.05, 4.69) is 73.5 Å². The summed E-state index contributed by atoms with van der Waals surface area (Å²) in [6, 6.07) is 3.99. The van der Waals surface area contributed by atoms with Crippen LogP contribution in [0.1, 0.15) is 101 Å². The van der Waals surface area contributed by atoms with Gasteiger partial charge in [0.2, 0.25) is 11.8 Å². The lowest BCUT2D eigenvalue weighted by atomic mass is 9.59. The minimum atomic E-state index is -0.306. The van der Waals surface area contributed by atoms with Crippen LogP contribution < -0.4 is 0 Å². The van der Waals surface area contributed by atoms with Gasteiger partial charge in [0.1, 0.15) is 0 Å². The Morgan fingerprint density at radius 1 is 0.914 bits per heavy atom. The van der Waals surface area contributed by atoms with Crippen LogP contribution in [-0.4, -0.2) is 27.8 Å². The third-order valence-corrected chi connectivity index (χ3v) is 7.42. The number of aromatic nitrogens is 1. The topological polar surface area (TPSA) is 42.3 Å². The van der Waals surface area contributed by atoms with E-state index in [1.165, 1.54) is 11.3 Å². The molecule has 35 heavy (non-hydrogen) atoms. The van der Waals surface area contributed by atoms with Crippen molar-refractivity contribution < 1.29 is 9.59 Å². The average molecular weight is 485 g/mol. The van der Waals surface area contributed by atoms with Crippen molar-refractivity contribution in [1.29, 1.82) is 0 Å². The fraction of sp³-hybridized carbons (Fsp3) is 0.742. The molecule has 1 aromatic rings. The number of carbonyl (C=O) groups is 2. The van der Waals surface area contributed by atoms with E-state index in [1.54, 1.807) is 0 Å². The molecular weight excluding hydrogens is 432 g/mol. The predicted molar refractivity (Wildman–Crippen MR) is 147 cm³/mol. The van der Waals surface area contributed by atoms with Crippen molar-refractivity contribution in [3.8, 4) is 0 Å². The first-order chi connectivity index (χ1) is 15.8. The summed E-state index contributed by atoms with van der Waals surface area (Å²) in [4.78, 5) is 27.9.